The zero-order valence-electron chi connectivity index (χ0n) is 13.7. The molecule has 2 aromatic heterocycles. The first-order valence-electron chi connectivity index (χ1n) is 7.54. The third kappa shape index (κ3) is 4.61. The number of nitrogens with zero attached hydrogens (tertiary/aromatic N) is 2. The number of halogens is 5. The van der Waals surface area contributed by atoms with Gasteiger partial charge in [-0.15, -0.1) is 0 Å². The van der Waals surface area contributed by atoms with Crippen molar-refractivity contribution in [3.05, 3.63) is 70.0 Å². The smallest absolute Gasteiger partial charge is 0.417 e. The van der Waals surface area contributed by atoms with E-state index in [0.29, 0.717) is 28.5 Å². The highest BCUT2D eigenvalue weighted by molar-refractivity contribution is 6.31. The summed E-state index contributed by atoms with van der Waals surface area (Å²) in [5, 5.41) is 4.12. The van der Waals surface area contributed by atoms with Crippen molar-refractivity contribution in [2.24, 2.45) is 5.16 Å². The van der Waals surface area contributed by atoms with Gasteiger partial charge in [-0.3, -0.25) is 0 Å². The van der Waals surface area contributed by atoms with Crippen LogP contribution in [0.1, 0.15) is 18.2 Å². The zero-order chi connectivity index (χ0) is 19.6. The Labute approximate surface area is 162 Å². The van der Waals surface area contributed by atoms with Gasteiger partial charge in [-0.25, -0.2) is 4.98 Å². The number of rotatable bonds is 4. The summed E-state index contributed by atoms with van der Waals surface area (Å²) in [5.41, 5.74) is 0.207. The maximum Gasteiger partial charge on any atom is 0.417 e. The van der Waals surface area contributed by atoms with E-state index in [4.69, 9.17) is 32.5 Å². The molecule has 0 aliphatic heterocycles. The highest BCUT2D eigenvalue weighted by Gasteiger charge is 2.31. The molecule has 9 heteroatoms. The monoisotopic (exact) mass is 414 g/mol. The molecule has 0 N–H and O–H groups in total. The molecule has 0 fully saturated rings. The van der Waals surface area contributed by atoms with Gasteiger partial charge < -0.3 is 9.25 Å². The van der Waals surface area contributed by atoms with Crippen molar-refractivity contribution in [1.29, 1.82) is 0 Å². The van der Waals surface area contributed by atoms with Crippen molar-refractivity contribution in [2.45, 2.75) is 13.1 Å². The number of benzene rings is 1. The highest BCUT2D eigenvalue weighted by atomic mass is 35.5. The molecule has 1 aromatic carbocycles. The maximum atomic E-state index is 12.6. The number of alkyl halides is 3. The molecule has 0 unspecified atom stereocenters. The molecule has 0 aliphatic rings. The van der Waals surface area contributed by atoms with Gasteiger partial charge in [0, 0.05) is 16.8 Å². The summed E-state index contributed by atoms with van der Waals surface area (Å²) in [6, 6.07) is 11.2. The van der Waals surface area contributed by atoms with Gasteiger partial charge in [0.15, 0.2) is 5.76 Å². The van der Waals surface area contributed by atoms with E-state index >= 15 is 0 Å². The van der Waals surface area contributed by atoms with E-state index in [2.05, 4.69) is 10.1 Å². The molecule has 0 radical (unpaired) electrons. The van der Waals surface area contributed by atoms with Crippen LogP contribution in [0.4, 0.5) is 13.2 Å². The minimum Gasteiger partial charge on any atom is -0.455 e. The van der Waals surface area contributed by atoms with Gasteiger partial charge in [0.1, 0.15) is 16.5 Å². The molecule has 3 rings (SSSR count). The van der Waals surface area contributed by atoms with Crippen LogP contribution in [-0.4, -0.2) is 10.7 Å². The van der Waals surface area contributed by atoms with Crippen molar-refractivity contribution in [3.8, 4) is 17.2 Å². The normalized spacial score (nSPS) is 12.3. The van der Waals surface area contributed by atoms with E-state index in [9.17, 15) is 13.2 Å². The number of hydrogen-bond acceptors (Lipinski definition) is 4. The van der Waals surface area contributed by atoms with Gasteiger partial charge in [-0.1, -0.05) is 28.4 Å². The first kappa shape index (κ1) is 19.3. The first-order chi connectivity index (χ1) is 12.7. The summed E-state index contributed by atoms with van der Waals surface area (Å²) in [5.74, 6) is 0.776. The van der Waals surface area contributed by atoms with E-state index in [1.807, 2.05) is 0 Å². The molecule has 0 saturated heterocycles. The Hall–Kier alpha value is -2.51. The Morgan fingerprint density at radius 1 is 1.11 bits per heavy atom. The number of pyridine rings is 1. The van der Waals surface area contributed by atoms with E-state index in [1.165, 1.54) is 0 Å². The largest absolute Gasteiger partial charge is 0.455 e. The zero-order valence-corrected chi connectivity index (χ0v) is 15.2. The fourth-order valence-corrected chi connectivity index (χ4v) is 2.43. The number of aromatic nitrogens is 1. The molecule has 3 aromatic rings. The molecule has 27 heavy (non-hydrogen) atoms. The van der Waals surface area contributed by atoms with Crippen LogP contribution in [0.15, 0.2) is 58.2 Å². The van der Waals surface area contributed by atoms with Crippen molar-refractivity contribution >= 4 is 28.9 Å². The van der Waals surface area contributed by atoms with Crippen molar-refractivity contribution in [3.63, 3.8) is 0 Å². The van der Waals surface area contributed by atoms with Gasteiger partial charge in [-0.2, -0.15) is 13.2 Å². The van der Waals surface area contributed by atoms with E-state index in [-0.39, 0.29) is 10.9 Å². The van der Waals surface area contributed by atoms with Crippen LogP contribution in [-0.2, 0) is 6.18 Å². The molecule has 0 bridgehead atoms. The molecule has 2 heterocycles. The quantitative estimate of drug-likeness (QED) is 0.363. The average Bonchev–Trinajstić information content (AvgIpc) is 3.10. The standard InChI is InChI=1S/C18H11Cl2F3N2O2/c1-10(15-6-7-16(26-15)11-2-4-13(19)5-3-11)25-27-17-14(20)8-12(9-24-17)18(21,22)23/h2-9H,1H3/b25-10-. The Morgan fingerprint density at radius 2 is 1.81 bits per heavy atom. The van der Waals surface area contributed by atoms with E-state index < -0.39 is 11.7 Å². The lowest BCUT2D eigenvalue weighted by molar-refractivity contribution is -0.137. The molecule has 140 valence electrons. The minimum absolute atomic E-state index is 0.242. The predicted octanol–water partition coefficient (Wildman–Crippen LogP) is 6.47. The minimum atomic E-state index is -4.54. The fourth-order valence-electron chi connectivity index (χ4n) is 2.11. The van der Waals surface area contributed by atoms with Crippen LogP contribution in [0.3, 0.4) is 0 Å². The summed E-state index contributed by atoms with van der Waals surface area (Å²) in [4.78, 5) is 8.60. The van der Waals surface area contributed by atoms with Crippen LogP contribution < -0.4 is 4.84 Å². The molecule has 4 nitrogen and oxygen atoms in total. The predicted molar refractivity (Wildman–Crippen MR) is 96.2 cm³/mol. The molecule has 0 saturated carbocycles. The van der Waals surface area contributed by atoms with Gasteiger partial charge in [-0.05, 0) is 49.4 Å². The summed E-state index contributed by atoms with van der Waals surface area (Å²) in [6.07, 6.45) is -3.92. The second-order valence-electron chi connectivity index (χ2n) is 5.45. The molecular formula is C18H11Cl2F3N2O2. The summed E-state index contributed by atoms with van der Waals surface area (Å²) < 4.78 is 43.5. The lowest BCUT2D eigenvalue weighted by atomic mass is 10.2. The molecule has 0 aliphatic carbocycles. The fraction of sp³-hybridized carbons (Fsp3) is 0.111. The van der Waals surface area contributed by atoms with Gasteiger partial charge in [0.2, 0.25) is 0 Å². The van der Waals surface area contributed by atoms with E-state index in [1.54, 1.807) is 43.3 Å². The van der Waals surface area contributed by atoms with Crippen LogP contribution in [0.2, 0.25) is 10.0 Å². The average molecular weight is 415 g/mol. The van der Waals surface area contributed by atoms with Gasteiger partial charge >= 0.3 is 6.18 Å². The molecular weight excluding hydrogens is 404 g/mol. The number of oxime groups is 1. The summed E-state index contributed by atoms with van der Waals surface area (Å²) in [6.45, 7) is 1.61. The third-order valence-electron chi connectivity index (χ3n) is 3.50. The summed E-state index contributed by atoms with van der Waals surface area (Å²) in [7, 11) is 0. The Bertz CT molecular complexity index is 983. The number of furan rings is 1. The van der Waals surface area contributed by atoms with Crippen LogP contribution in [0.25, 0.3) is 11.3 Å². The number of hydrogen-bond donors (Lipinski definition) is 0. The molecule has 0 atom stereocenters. The second-order valence-corrected chi connectivity index (χ2v) is 6.29. The SMILES string of the molecule is C/C(=N/Oc1ncc(C(F)(F)F)cc1Cl)c1ccc(-c2ccc(Cl)cc2)o1. The van der Waals surface area contributed by atoms with Gasteiger partial charge in [0.25, 0.3) is 5.88 Å². The molecule has 0 amide bonds. The first-order valence-corrected chi connectivity index (χ1v) is 8.30. The van der Waals surface area contributed by atoms with Crippen LogP contribution in [0.5, 0.6) is 5.88 Å². The van der Waals surface area contributed by atoms with E-state index in [0.717, 1.165) is 11.6 Å². The summed E-state index contributed by atoms with van der Waals surface area (Å²) >= 11 is 11.6. The second kappa shape index (κ2) is 7.62. The van der Waals surface area contributed by atoms with Crippen molar-refractivity contribution in [1.82, 2.24) is 4.98 Å². The third-order valence-corrected chi connectivity index (χ3v) is 4.02. The Morgan fingerprint density at radius 3 is 2.44 bits per heavy atom. The topological polar surface area (TPSA) is 47.6 Å². The van der Waals surface area contributed by atoms with Crippen molar-refractivity contribution in [2.75, 3.05) is 0 Å². The highest BCUT2D eigenvalue weighted by Crippen LogP contribution is 2.33. The molecule has 0 spiro atoms. The Kier molecular flexibility index (Phi) is 5.43. The van der Waals surface area contributed by atoms with Crippen LogP contribution in [0, 0.1) is 0 Å². The van der Waals surface area contributed by atoms with Crippen molar-refractivity contribution < 1.29 is 22.4 Å². The van der Waals surface area contributed by atoms with Gasteiger partial charge in [0.05, 0.1) is 5.56 Å². The van der Waals surface area contributed by atoms with Crippen LogP contribution >= 0.6 is 23.2 Å². The lowest BCUT2D eigenvalue weighted by Crippen LogP contribution is -2.06. The lowest BCUT2D eigenvalue weighted by Gasteiger charge is -2.07. The Balaban J connectivity index is 1.76. The maximum absolute atomic E-state index is 12.6.